The lowest BCUT2D eigenvalue weighted by Gasteiger charge is -2.36. The Bertz CT molecular complexity index is 389. The van der Waals surface area contributed by atoms with Crippen molar-refractivity contribution in [3.8, 4) is 0 Å². The fraction of sp³-hybridized carbons (Fsp3) is 0.667. The van der Waals surface area contributed by atoms with Gasteiger partial charge in [0.2, 0.25) is 0 Å². The van der Waals surface area contributed by atoms with E-state index in [-0.39, 0.29) is 11.5 Å². The molecular weight excluding hydrogens is 244 g/mol. The van der Waals surface area contributed by atoms with E-state index < -0.39 is 0 Å². The Morgan fingerprint density at radius 1 is 1.15 bits per heavy atom. The first-order valence-corrected chi connectivity index (χ1v) is 7.80. The topological polar surface area (TPSA) is 29.3 Å². The van der Waals surface area contributed by atoms with Gasteiger partial charge in [-0.3, -0.25) is 0 Å². The zero-order chi connectivity index (χ0) is 15.3. The molecule has 0 saturated carbocycles. The minimum absolute atomic E-state index is 0.0838. The molecule has 1 aromatic rings. The second kappa shape index (κ2) is 7.24. The highest BCUT2D eigenvalue weighted by atomic mass is 15.1. The molecule has 2 atom stereocenters. The van der Waals surface area contributed by atoms with Crippen LogP contribution in [-0.2, 0) is 6.42 Å². The highest BCUT2D eigenvalue weighted by Gasteiger charge is 2.24. The minimum atomic E-state index is 0.0838. The first kappa shape index (κ1) is 17.2. The van der Waals surface area contributed by atoms with Crippen molar-refractivity contribution in [2.24, 2.45) is 11.1 Å². The number of benzene rings is 1. The van der Waals surface area contributed by atoms with E-state index in [1.165, 1.54) is 17.5 Å². The van der Waals surface area contributed by atoms with Gasteiger partial charge in [-0.1, -0.05) is 58.4 Å². The van der Waals surface area contributed by atoms with Crippen molar-refractivity contribution in [3.05, 3.63) is 35.4 Å². The Morgan fingerprint density at radius 2 is 1.70 bits per heavy atom. The molecule has 0 aliphatic rings. The largest absolute Gasteiger partial charge is 0.323 e. The molecule has 0 radical (unpaired) electrons. The molecule has 0 aliphatic heterocycles. The quantitative estimate of drug-likeness (QED) is 0.850. The van der Waals surface area contributed by atoms with Crippen LogP contribution in [0.15, 0.2) is 24.3 Å². The van der Waals surface area contributed by atoms with Gasteiger partial charge >= 0.3 is 0 Å². The van der Waals surface area contributed by atoms with Crippen LogP contribution in [0, 0.1) is 5.41 Å². The lowest BCUT2D eigenvalue weighted by molar-refractivity contribution is 0.134. The zero-order valence-corrected chi connectivity index (χ0v) is 14.1. The minimum Gasteiger partial charge on any atom is -0.323 e. The van der Waals surface area contributed by atoms with Gasteiger partial charge in [0.05, 0.1) is 0 Å². The third-order valence-electron chi connectivity index (χ3n) is 4.35. The Balaban J connectivity index is 2.64. The van der Waals surface area contributed by atoms with Gasteiger partial charge in [-0.15, -0.1) is 0 Å². The monoisotopic (exact) mass is 276 g/mol. The number of aryl methyl sites for hydroxylation is 1. The average molecular weight is 276 g/mol. The number of nitrogens with zero attached hydrogens (tertiary/aromatic N) is 1. The van der Waals surface area contributed by atoms with Crippen LogP contribution >= 0.6 is 0 Å². The second-order valence-corrected chi connectivity index (χ2v) is 7.08. The summed E-state index contributed by atoms with van der Waals surface area (Å²) >= 11 is 0. The Kier molecular flexibility index (Phi) is 6.22. The normalized spacial score (nSPS) is 15.4. The van der Waals surface area contributed by atoms with Gasteiger partial charge in [0.25, 0.3) is 0 Å². The molecule has 2 unspecified atom stereocenters. The molecule has 2 N–H and O–H groups in total. The summed E-state index contributed by atoms with van der Waals surface area (Å²) in [6.07, 6.45) is 2.34. The molecule has 0 bridgehead atoms. The smallest absolute Gasteiger partial charge is 0.0424 e. The molecule has 0 aromatic heterocycles. The van der Waals surface area contributed by atoms with Crippen LogP contribution in [0.2, 0.25) is 0 Å². The molecule has 1 aromatic carbocycles. The molecule has 114 valence electrons. The number of nitrogens with two attached hydrogens (primary N) is 1. The molecule has 2 nitrogen and oxygen atoms in total. The lowest BCUT2D eigenvalue weighted by atomic mass is 9.87. The van der Waals surface area contributed by atoms with Gasteiger partial charge in [0, 0.05) is 18.6 Å². The average Bonchev–Trinajstić information content (AvgIpc) is 2.37. The zero-order valence-electron chi connectivity index (χ0n) is 14.1. The first-order chi connectivity index (χ1) is 9.25. The fourth-order valence-electron chi connectivity index (χ4n) is 2.46. The standard InChI is InChI=1S/C18H32N2/c1-7-8-15-9-11-16(12-10-15)17(19)13-20(6)14(2)18(3,4)5/h9-12,14,17H,7-8,13,19H2,1-6H3. The van der Waals surface area contributed by atoms with E-state index in [1.807, 2.05) is 0 Å². The predicted octanol–water partition coefficient (Wildman–Crippen LogP) is 4.01. The maximum absolute atomic E-state index is 6.36. The highest BCUT2D eigenvalue weighted by molar-refractivity contribution is 5.25. The van der Waals surface area contributed by atoms with E-state index in [4.69, 9.17) is 5.73 Å². The van der Waals surface area contributed by atoms with E-state index in [1.54, 1.807) is 0 Å². The third-order valence-corrected chi connectivity index (χ3v) is 4.35. The maximum atomic E-state index is 6.36. The number of rotatable bonds is 6. The summed E-state index contributed by atoms with van der Waals surface area (Å²) < 4.78 is 0. The van der Waals surface area contributed by atoms with Gasteiger partial charge in [-0.05, 0) is 36.9 Å². The lowest BCUT2D eigenvalue weighted by Crippen LogP contribution is -2.42. The van der Waals surface area contributed by atoms with Crippen molar-refractivity contribution in [1.82, 2.24) is 4.90 Å². The molecule has 0 saturated heterocycles. The van der Waals surface area contributed by atoms with Gasteiger partial charge in [-0.25, -0.2) is 0 Å². The number of hydrogen-bond donors (Lipinski definition) is 1. The summed E-state index contributed by atoms with van der Waals surface area (Å²) in [5.74, 6) is 0. The van der Waals surface area contributed by atoms with Crippen LogP contribution in [0.3, 0.4) is 0 Å². The molecule has 2 heteroatoms. The first-order valence-electron chi connectivity index (χ1n) is 7.80. The van der Waals surface area contributed by atoms with Crippen molar-refractivity contribution in [2.75, 3.05) is 13.6 Å². The van der Waals surface area contributed by atoms with Crippen molar-refractivity contribution < 1.29 is 0 Å². The summed E-state index contributed by atoms with van der Waals surface area (Å²) in [7, 11) is 2.17. The SMILES string of the molecule is CCCc1ccc(C(N)CN(C)C(C)C(C)(C)C)cc1. The van der Waals surface area contributed by atoms with Crippen LogP contribution in [0.4, 0.5) is 0 Å². The van der Waals surface area contributed by atoms with Crippen molar-refractivity contribution >= 4 is 0 Å². The van der Waals surface area contributed by atoms with E-state index in [2.05, 4.69) is 70.8 Å². The number of hydrogen-bond acceptors (Lipinski definition) is 2. The Labute approximate surface area is 125 Å². The molecule has 0 fully saturated rings. The Hall–Kier alpha value is -0.860. The summed E-state index contributed by atoms with van der Waals surface area (Å²) in [4.78, 5) is 2.37. The van der Waals surface area contributed by atoms with Gasteiger partial charge in [0.1, 0.15) is 0 Å². The van der Waals surface area contributed by atoms with Gasteiger partial charge in [0.15, 0.2) is 0 Å². The summed E-state index contributed by atoms with van der Waals surface area (Å²) in [5.41, 5.74) is 9.27. The Morgan fingerprint density at radius 3 is 2.15 bits per heavy atom. The molecular formula is C18H32N2. The van der Waals surface area contributed by atoms with E-state index >= 15 is 0 Å². The summed E-state index contributed by atoms with van der Waals surface area (Å²) in [6.45, 7) is 12.2. The van der Waals surface area contributed by atoms with Gasteiger partial charge < -0.3 is 10.6 Å². The molecule has 0 heterocycles. The van der Waals surface area contributed by atoms with Gasteiger partial charge in [-0.2, -0.15) is 0 Å². The van der Waals surface area contributed by atoms with Crippen molar-refractivity contribution in [1.29, 1.82) is 0 Å². The molecule has 0 spiro atoms. The molecule has 1 rings (SSSR count). The van der Waals surface area contributed by atoms with Crippen LogP contribution in [0.25, 0.3) is 0 Å². The summed E-state index contributed by atoms with van der Waals surface area (Å²) in [5, 5.41) is 0. The molecule has 0 aliphatic carbocycles. The number of likely N-dealkylation sites (N-methyl/N-ethyl adjacent to an activating group) is 1. The summed E-state index contributed by atoms with van der Waals surface area (Å²) in [6, 6.07) is 9.39. The third kappa shape index (κ3) is 4.92. The highest BCUT2D eigenvalue weighted by Crippen LogP contribution is 2.24. The molecule has 20 heavy (non-hydrogen) atoms. The van der Waals surface area contributed by atoms with Crippen LogP contribution in [0.1, 0.15) is 58.2 Å². The van der Waals surface area contributed by atoms with E-state index in [9.17, 15) is 0 Å². The van der Waals surface area contributed by atoms with Crippen molar-refractivity contribution in [3.63, 3.8) is 0 Å². The van der Waals surface area contributed by atoms with Crippen molar-refractivity contribution in [2.45, 2.75) is 59.5 Å². The van der Waals surface area contributed by atoms with E-state index in [0.29, 0.717) is 6.04 Å². The fourth-order valence-corrected chi connectivity index (χ4v) is 2.46. The second-order valence-electron chi connectivity index (χ2n) is 7.08. The predicted molar refractivity (Wildman–Crippen MR) is 88.9 cm³/mol. The molecule has 0 amide bonds. The van der Waals surface area contributed by atoms with Crippen LogP contribution in [-0.4, -0.2) is 24.5 Å². The maximum Gasteiger partial charge on any atom is 0.0424 e. The van der Waals surface area contributed by atoms with Crippen LogP contribution < -0.4 is 5.73 Å². The van der Waals surface area contributed by atoms with E-state index in [0.717, 1.165) is 13.0 Å². The van der Waals surface area contributed by atoms with Crippen LogP contribution in [0.5, 0.6) is 0 Å².